The molecule has 0 aliphatic heterocycles. The van der Waals surface area contributed by atoms with E-state index in [1.54, 1.807) is 0 Å². The van der Waals surface area contributed by atoms with Gasteiger partial charge in [-0.05, 0) is 24.5 Å². The van der Waals surface area contributed by atoms with Crippen LogP contribution < -0.4 is 9.64 Å². The molecule has 1 aromatic carbocycles. The number of anilines is 1. The number of carboxylic acids is 1. The van der Waals surface area contributed by atoms with E-state index in [4.69, 9.17) is 9.84 Å². The molecule has 0 saturated heterocycles. The van der Waals surface area contributed by atoms with Gasteiger partial charge in [-0.15, -0.1) is 0 Å². The summed E-state index contributed by atoms with van der Waals surface area (Å²) < 4.78 is 5.29. The molecule has 1 aromatic rings. The molecule has 0 spiro atoms. The lowest BCUT2D eigenvalue weighted by molar-refractivity contribution is -0.139. The maximum Gasteiger partial charge on any atom is 0.341 e. The maximum absolute atomic E-state index is 10.6. The molecule has 0 aromatic heterocycles. The van der Waals surface area contributed by atoms with Gasteiger partial charge in [-0.25, -0.2) is 4.79 Å². The molecule has 0 radical (unpaired) electrons. The third-order valence-electron chi connectivity index (χ3n) is 4.70. The molecule has 148 valence electrons. The number of aryl methyl sites for hydroxylation is 1. The molecular weight excluding hydrogens is 326 g/mol. The third-order valence-corrected chi connectivity index (χ3v) is 4.70. The third kappa shape index (κ3) is 9.69. The summed E-state index contributed by atoms with van der Waals surface area (Å²) >= 11 is 0. The molecule has 0 aliphatic carbocycles. The Kier molecular flexibility index (Phi) is 11.6. The van der Waals surface area contributed by atoms with Gasteiger partial charge in [0.2, 0.25) is 0 Å². The highest BCUT2D eigenvalue weighted by molar-refractivity contribution is 5.68. The summed E-state index contributed by atoms with van der Waals surface area (Å²) in [5.74, 6) is -0.339. The van der Waals surface area contributed by atoms with E-state index in [0.29, 0.717) is 5.75 Å². The summed E-state index contributed by atoms with van der Waals surface area (Å²) in [6.45, 7) is 1.96. The van der Waals surface area contributed by atoms with Crippen LogP contribution in [0.25, 0.3) is 0 Å². The highest BCUT2D eigenvalue weighted by atomic mass is 16.5. The molecule has 0 bridgehead atoms. The smallest absolute Gasteiger partial charge is 0.341 e. The monoisotopic (exact) mass is 363 g/mol. The molecule has 0 unspecified atom stereocenters. The van der Waals surface area contributed by atoms with Crippen molar-refractivity contribution < 1.29 is 14.6 Å². The van der Waals surface area contributed by atoms with Crippen molar-refractivity contribution >= 4 is 11.7 Å². The van der Waals surface area contributed by atoms with Gasteiger partial charge < -0.3 is 14.7 Å². The molecule has 4 nitrogen and oxygen atoms in total. The molecule has 1 N–H and O–H groups in total. The zero-order chi connectivity index (χ0) is 19.2. The SMILES string of the molecule is CCCCCCCCCCCCc1ccc(OCC(=O)O)cc1N(C)C. The first-order chi connectivity index (χ1) is 12.5. The second-order valence-electron chi connectivity index (χ2n) is 7.30. The number of ether oxygens (including phenoxy) is 1. The quantitative estimate of drug-likeness (QED) is 0.407. The van der Waals surface area contributed by atoms with Crippen LogP contribution in [0.1, 0.15) is 76.7 Å². The number of nitrogens with zero attached hydrogens (tertiary/aromatic N) is 1. The average molecular weight is 364 g/mol. The van der Waals surface area contributed by atoms with Gasteiger partial charge in [-0.1, -0.05) is 70.8 Å². The minimum Gasteiger partial charge on any atom is -0.482 e. The van der Waals surface area contributed by atoms with Crippen molar-refractivity contribution in [3.05, 3.63) is 23.8 Å². The van der Waals surface area contributed by atoms with Crippen LogP contribution in [0, 0.1) is 0 Å². The predicted octanol–water partition coefficient (Wildman–Crippen LogP) is 5.68. The Balaban J connectivity index is 2.29. The van der Waals surface area contributed by atoms with Crippen LogP contribution in [0.3, 0.4) is 0 Å². The summed E-state index contributed by atoms with van der Waals surface area (Å²) in [4.78, 5) is 12.7. The van der Waals surface area contributed by atoms with Gasteiger partial charge in [0.1, 0.15) is 5.75 Å². The van der Waals surface area contributed by atoms with E-state index in [9.17, 15) is 4.79 Å². The van der Waals surface area contributed by atoms with Crippen LogP contribution in [-0.4, -0.2) is 31.8 Å². The van der Waals surface area contributed by atoms with Gasteiger partial charge >= 0.3 is 5.97 Å². The average Bonchev–Trinajstić information content (AvgIpc) is 2.61. The van der Waals surface area contributed by atoms with Crippen molar-refractivity contribution in [1.82, 2.24) is 0 Å². The highest BCUT2D eigenvalue weighted by Gasteiger charge is 2.08. The second-order valence-corrected chi connectivity index (χ2v) is 7.30. The first-order valence-electron chi connectivity index (χ1n) is 10.2. The van der Waals surface area contributed by atoms with Gasteiger partial charge in [-0.3, -0.25) is 0 Å². The minimum absolute atomic E-state index is 0.301. The van der Waals surface area contributed by atoms with Crippen LogP contribution in [0.2, 0.25) is 0 Å². The van der Waals surface area contributed by atoms with E-state index < -0.39 is 5.97 Å². The van der Waals surface area contributed by atoms with Crippen molar-refractivity contribution in [2.24, 2.45) is 0 Å². The van der Waals surface area contributed by atoms with Crippen molar-refractivity contribution in [3.63, 3.8) is 0 Å². The Bertz CT molecular complexity index is 514. The molecule has 0 atom stereocenters. The van der Waals surface area contributed by atoms with Crippen LogP contribution >= 0.6 is 0 Å². The van der Waals surface area contributed by atoms with Crippen molar-refractivity contribution in [2.75, 3.05) is 25.6 Å². The van der Waals surface area contributed by atoms with E-state index in [1.165, 1.54) is 69.8 Å². The van der Waals surface area contributed by atoms with E-state index in [0.717, 1.165) is 12.1 Å². The summed E-state index contributed by atoms with van der Waals surface area (Å²) in [5, 5.41) is 8.73. The largest absolute Gasteiger partial charge is 0.482 e. The number of hydrogen-bond donors (Lipinski definition) is 1. The first-order valence-corrected chi connectivity index (χ1v) is 10.2. The summed E-state index contributed by atoms with van der Waals surface area (Å²) in [6.07, 6.45) is 14.5. The molecule has 1 rings (SSSR count). The fourth-order valence-electron chi connectivity index (χ4n) is 3.21. The summed E-state index contributed by atoms with van der Waals surface area (Å²) in [5.41, 5.74) is 2.42. The van der Waals surface area contributed by atoms with Crippen molar-refractivity contribution in [2.45, 2.75) is 77.6 Å². The number of unbranched alkanes of at least 4 members (excludes halogenated alkanes) is 9. The number of benzene rings is 1. The number of aliphatic carboxylic acids is 1. The standard InChI is InChI=1S/C22H37NO3/c1-4-5-6-7-8-9-10-11-12-13-14-19-15-16-20(26-18-22(24)25)17-21(19)23(2)3/h15-17H,4-14,18H2,1-3H3,(H,24,25). The van der Waals surface area contributed by atoms with Gasteiger partial charge in [-0.2, -0.15) is 0 Å². The molecule has 0 aliphatic rings. The lowest BCUT2D eigenvalue weighted by Gasteiger charge is -2.19. The first kappa shape index (κ1) is 22.3. The Morgan fingerprint density at radius 3 is 2.08 bits per heavy atom. The van der Waals surface area contributed by atoms with E-state index >= 15 is 0 Å². The van der Waals surface area contributed by atoms with Gasteiger partial charge in [0, 0.05) is 25.8 Å². The topological polar surface area (TPSA) is 49.8 Å². The molecule has 0 heterocycles. The number of carboxylic acid groups (broad SMARTS) is 1. The van der Waals surface area contributed by atoms with Crippen molar-refractivity contribution in [3.8, 4) is 5.75 Å². The second kappa shape index (κ2) is 13.5. The Labute approximate surface area is 159 Å². The van der Waals surface area contributed by atoms with Gasteiger partial charge in [0.05, 0.1) is 0 Å². The number of carbonyl (C=O) groups is 1. The zero-order valence-electron chi connectivity index (χ0n) is 16.9. The van der Waals surface area contributed by atoms with Crippen LogP contribution in [0.15, 0.2) is 18.2 Å². The van der Waals surface area contributed by atoms with Gasteiger partial charge in [0.25, 0.3) is 0 Å². The number of hydrogen-bond acceptors (Lipinski definition) is 3. The summed E-state index contributed by atoms with van der Waals surface area (Å²) in [6, 6.07) is 5.89. The minimum atomic E-state index is -0.953. The van der Waals surface area contributed by atoms with Gasteiger partial charge in [0.15, 0.2) is 6.61 Å². The lowest BCUT2D eigenvalue weighted by atomic mass is 10.0. The fraction of sp³-hybridized carbons (Fsp3) is 0.682. The maximum atomic E-state index is 10.6. The Morgan fingerprint density at radius 2 is 1.54 bits per heavy atom. The normalized spacial score (nSPS) is 10.7. The predicted molar refractivity (Wildman–Crippen MR) is 109 cm³/mol. The van der Waals surface area contributed by atoms with Crippen LogP contribution in [0.4, 0.5) is 5.69 Å². The fourth-order valence-corrected chi connectivity index (χ4v) is 3.21. The zero-order valence-corrected chi connectivity index (χ0v) is 16.9. The molecular formula is C22H37NO3. The molecule has 0 amide bonds. The van der Waals surface area contributed by atoms with Crippen LogP contribution in [-0.2, 0) is 11.2 Å². The van der Waals surface area contributed by atoms with E-state index in [-0.39, 0.29) is 6.61 Å². The molecule has 4 heteroatoms. The van der Waals surface area contributed by atoms with E-state index in [1.807, 2.05) is 26.2 Å². The Morgan fingerprint density at radius 1 is 0.962 bits per heavy atom. The van der Waals surface area contributed by atoms with Crippen molar-refractivity contribution in [1.29, 1.82) is 0 Å². The van der Waals surface area contributed by atoms with Crippen LogP contribution in [0.5, 0.6) is 5.75 Å². The summed E-state index contributed by atoms with van der Waals surface area (Å²) in [7, 11) is 4.02. The lowest BCUT2D eigenvalue weighted by Crippen LogP contribution is -2.13. The highest BCUT2D eigenvalue weighted by Crippen LogP contribution is 2.26. The molecule has 26 heavy (non-hydrogen) atoms. The number of rotatable bonds is 15. The molecule has 0 fully saturated rings. The Hall–Kier alpha value is -1.71. The van der Waals surface area contributed by atoms with E-state index in [2.05, 4.69) is 17.9 Å². The molecule has 0 saturated carbocycles.